The van der Waals surface area contributed by atoms with Crippen LogP contribution < -0.4 is 15.0 Å². The average molecular weight is 539 g/mol. The third-order valence-electron chi connectivity index (χ3n) is 5.93. The third kappa shape index (κ3) is 7.01. The molecule has 35 heavy (non-hydrogen) atoms. The van der Waals surface area contributed by atoms with Crippen LogP contribution in [0.5, 0.6) is 5.75 Å². The van der Waals surface area contributed by atoms with Crippen LogP contribution in [-0.4, -0.2) is 56.4 Å². The number of rotatable bonds is 7. The number of benzene rings is 3. The molecule has 5 nitrogen and oxygen atoms in total. The van der Waals surface area contributed by atoms with Crippen LogP contribution in [-0.2, 0) is 0 Å². The third-order valence-corrected chi connectivity index (χ3v) is 6.74. The zero-order chi connectivity index (χ0) is 23.9. The minimum atomic E-state index is -0.602. The number of ether oxygens (including phenoxy) is 1. The average Bonchev–Trinajstić information content (AvgIpc) is 2.87. The molecular weight excluding hydrogens is 512 g/mol. The van der Waals surface area contributed by atoms with Gasteiger partial charge in [-0.25, -0.2) is 9.18 Å². The van der Waals surface area contributed by atoms with Gasteiger partial charge < -0.3 is 15.0 Å². The van der Waals surface area contributed by atoms with Crippen molar-refractivity contribution in [3.8, 4) is 16.9 Å². The van der Waals surface area contributed by atoms with E-state index in [1.165, 1.54) is 0 Å². The van der Waals surface area contributed by atoms with Crippen LogP contribution in [0.15, 0.2) is 72.8 Å². The van der Waals surface area contributed by atoms with Crippen LogP contribution in [0.2, 0.25) is 10.0 Å². The van der Waals surface area contributed by atoms with E-state index in [2.05, 4.69) is 10.2 Å². The molecule has 1 unspecified atom stereocenters. The summed E-state index contributed by atoms with van der Waals surface area (Å²) in [5.41, 5.74) is 3.00. The molecule has 0 aliphatic carbocycles. The SMILES string of the molecule is Cl.O=C(NCC(CF)N1CCN(c2cccc(Cl)c2Cl)CC1)Oc1ccc(-c2ccccc2)cc1. The molecule has 0 aromatic heterocycles. The minimum Gasteiger partial charge on any atom is -0.410 e. The highest BCUT2D eigenvalue weighted by Gasteiger charge is 2.25. The molecular formula is C26H27Cl3FN3O2. The Morgan fingerprint density at radius 1 is 0.914 bits per heavy atom. The summed E-state index contributed by atoms with van der Waals surface area (Å²) in [5, 5.41) is 3.73. The summed E-state index contributed by atoms with van der Waals surface area (Å²) in [5.74, 6) is 0.431. The van der Waals surface area contributed by atoms with Crippen molar-refractivity contribution >= 4 is 47.4 Å². The number of nitrogens with one attached hydrogen (secondary N) is 1. The van der Waals surface area contributed by atoms with Gasteiger partial charge in [0.05, 0.1) is 21.8 Å². The van der Waals surface area contributed by atoms with E-state index in [4.69, 9.17) is 27.9 Å². The Bertz CT molecular complexity index is 1090. The summed E-state index contributed by atoms with van der Waals surface area (Å²) in [4.78, 5) is 16.4. The summed E-state index contributed by atoms with van der Waals surface area (Å²) < 4.78 is 19.1. The van der Waals surface area contributed by atoms with E-state index in [9.17, 15) is 9.18 Å². The maximum absolute atomic E-state index is 13.8. The molecule has 3 aromatic carbocycles. The van der Waals surface area contributed by atoms with Gasteiger partial charge in [0.15, 0.2) is 0 Å². The Balaban J connectivity index is 0.00000342. The normalized spacial score (nSPS) is 14.7. The largest absolute Gasteiger partial charge is 0.412 e. The van der Waals surface area contributed by atoms with Crippen LogP contribution in [0.3, 0.4) is 0 Å². The fourth-order valence-corrected chi connectivity index (χ4v) is 4.45. The summed E-state index contributed by atoms with van der Waals surface area (Å²) in [6.45, 7) is 2.27. The van der Waals surface area contributed by atoms with Crippen LogP contribution >= 0.6 is 35.6 Å². The maximum atomic E-state index is 13.8. The maximum Gasteiger partial charge on any atom is 0.412 e. The molecule has 1 atom stereocenters. The summed E-state index contributed by atoms with van der Waals surface area (Å²) >= 11 is 12.5. The first-order chi connectivity index (χ1) is 16.5. The first-order valence-corrected chi connectivity index (χ1v) is 11.9. The number of amides is 1. The van der Waals surface area contributed by atoms with E-state index < -0.39 is 18.8 Å². The number of piperazine rings is 1. The second-order valence-electron chi connectivity index (χ2n) is 8.06. The number of alkyl halides is 1. The van der Waals surface area contributed by atoms with Crippen molar-refractivity contribution in [1.82, 2.24) is 10.2 Å². The van der Waals surface area contributed by atoms with E-state index in [0.717, 1.165) is 16.8 Å². The Labute approximate surface area is 221 Å². The highest BCUT2D eigenvalue weighted by atomic mass is 35.5. The number of carbonyl (C=O) groups excluding carboxylic acids is 1. The Kier molecular flexibility index (Phi) is 10.0. The van der Waals surface area contributed by atoms with Gasteiger partial charge in [-0.2, -0.15) is 0 Å². The quantitative estimate of drug-likeness (QED) is 0.382. The van der Waals surface area contributed by atoms with Crippen molar-refractivity contribution < 1.29 is 13.9 Å². The van der Waals surface area contributed by atoms with E-state index in [1.54, 1.807) is 18.2 Å². The second kappa shape index (κ2) is 13.0. The van der Waals surface area contributed by atoms with E-state index in [-0.39, 0.29) is 19.0 Å². The zero-order valence-corrected chi connectivity index (χ0v) is 21.3. The number of nitrogens with zero attached hydrogens (tertiary/aromatic N) is 2. The Morgan fingerprint density at radius 3 is 2.23 bits per heavy atom. The molecule has 1 saturated heterocycles. The van der Waals surface area contributed by atoms with Gasteiger partial charge in [-0.15, -0.1) is 12.4 Å². The lowest BCUT2D eigenvalue weighted by molar-refractivity contribution is 0.148. The molecule has 1 N–H and O–H groups in total. The summed E-state index contributed by atoms with van der Waals surface area (Å²) in [7, 11) is 0. The van der Waals surface area contributed by atoms with Crippen molar-refractivity contribution in [1.29, 1.82) is 0 Å². The molecule has 1 aliphatic rings. The van der Waals surface area contributed by atoms with Gasteiger partial charge in [0.25, 0.3) is 0 Å². The molecule has 0 spiro atoms. The second-order valence-corrected chi connectivity index (χ2v) is 8.85. The monoisotopic (exact) mass is 537 g/mol. The standard InChI is InChI=1S/C26H26Cl2FN3O2.ClH/c27-23-7-4-8-24(25(23)28)32-15-13-31(14-16-32)21(17-29)18-30-26(33)34-22-11-9-20(10-12-22)19-5-2-1-3-6-19;/h1-12,21H,13-18H2,(H,30,33);1H. The summed E-state index contributed by atoms with van der Waals surface area (Å²) in [6.07, 6.45) is -0.602. The van der Waals surface area contributed by atoms with Gasteiger partial charge in [0, 0.05) is 32.7 Å². The lowest BCUT2D eigenvalue weighted by Gasteiger charge is -2.39. The van der Waals surface area contributed by atoms with Crippen molar-refractivity contribution in [3.63, 3.8) is 0 Å². The summed E-state index contributed by atoms with van der Waals surface area (Å²) in [6, 6.07) is 22.4. The Morgan fingerprint density at radius 2 is 1.57 bits per heavy atom. The number of hydrogen-bond donors (Lipinski definition) is 1. The van der Waals surface area contributed by atoms with Crippen LogP contribution in [0.4, 0.5) is 14.9 Å². The van der Waals surface area contributed by atoms with Crippen molar-refractivity contribution in [3.05, 3.63) is 82.8 Å². The lowest BCUT2D eigenvalue weighted by atomic mass is 10.1. The Hall–Kier alpha value is -2.51. The molecule has 1 heterocycles. The van der Waals surface area contributed by atoms with Gasteiger partial charge in [-0.3, -0.25) is 4.90 Å². The molecule has 4 rings (SSSR count). The van der Waals surface area contributed by atoms with E-state index in [0.29, 0.717) is 42.0 Å². The lowest BCUT2D eigenvalue weighted by Crippen LogP contribution is -2.54. The molecule has 0 saturated carbocycles. The van der Waals surface area contributed by atoms with Crippen molar-refractivity contribution in [2.45, 2.75) is 6.04 Å². The first-order valence-electron chi connectivity index (χ1n) is 11.2. The predicted molar refractivity (Wildman–Crippen MR) is 143 cm³/mol. The van der Waals surface area contributed by atoms with Gasteiger partial charge in [0.2, 0.25) is 0 Å². The number of halogens is 4. The highest BCUT2D eigenvalue weighted by molar-refractivity contribution is 6.43. The van der Waals surface area contributed by atoms with Crippen molar-refractivity contribution in [2.24, 2.45) is 0 Å². The van der Waals surface area contributed by atoms with E-state index in [1.807, 2.05) is 59.5 Å². The number of carbonyl (C=O) groups is 1. The zero-order valence-electron chi connectivity index (χ0n) is 19.0. The minimum absolute atomic E-state index is 0. The van der Waals surface area contributed by atoms with Gasteiger partial charge in [-0.1, -0.05) is 71.7 Å². The fraction of sp³-hybridized carbons (Fsp3) is 0.269. The molecule has 9 heteroatoms. The predicted octanol–water partition coefficient (Wildman–Crippen LogP) is 6.33. The molecule has 0 radical (unpaired) electrons. The van der Waals surface area contributed by atoms with Crippen molar-refractivity contribution in [2.75, 3.05) is 44.3 Å². The number of anilines is 1. The van der Waals surface area contributed by atoms with Gasteiger partial charge >= 0.3 is 6.09 Å². The molecule has 1 aliphatic heterocycles. The van der Waals surface area contributed by atoms with Crippen LogP contribution in [0.25, 0.3) is 11.1 Å². The topological polar surface area (TPSA) is 44.8 Å². The molecule has 3 aromatic rings. The van der Waals surface area contributed by atoms with Gasteiger partial charge in [0.1, 0.15) is 12.4 Å². The van der Waals surface area contributed by atoms with Crippen LogP contribution in [0.1, 0.15) is 0 Å². The molecule has 1 fully saturated rings. The smallest absolute Gasteiger partial charge is 0.410 e. The van der Waals surface area contributed by atoms with Crippen LogP contribution in [0, 0.1) is 0 Å². The van der Waals surface area contributed by atoms with E-state index >= 15 is 0 Å². The number of hydrogen-bond acceptors (Lipinski definition) is 4. The van der Waals surface area contributed by atoms with Gasteiger partial charge in [-0.05, 0) is 35.4 Å². The first kappa shape index (κ1) is 27.1. The highest BCUT2D eigenvalue weighted by Crippen LogP contribution is 2.33. The molecule has 186 valence electrons. The fourth-order valence-electron chi connectivity index (χ4n) is 4.04. The molecule has 1 amide bonds. The molecule has 0 bridgehead atoms.